The van der Waals surface area contributed by atoms with E-state index in [-0.39, 0.29) is 6.42 Å². The van der Waals surface area contributed by atoms with Gasteiger partial charge in [-0.1, -0.05) is 11.3 Å². The van der Waals surface area contributed by atoms with Crippen molar-refractivity contribution in [3.05, 3.63) is 5.01 Å². The van der Waals surface area contributed by atoms with Crippen LogP contribution in [0.5, 0.6) is 5.19 Å². The third kappa shape index (κ3) is 2.15. The van der Waals surface area contributed by atoms with Crippen molar-refractivity contribution < 1.29 is 14.6 Å². The molecule has 0 aliphatic heterocycles. The van der Waals surface area contributed by atoms with Crippen molar-refractivity contribution >= 4 is 17.3 Å². The van der Waals surface area contributed by atoms with Gasteiger partial charge in [0.25, 0.3) is 5.19 Å². The van der Waals surface area contributed by atoms with E-state index in [4.69, 9.17) is 9.84 Å². The minimum atomic E-state index is -0.913. The van der Waals surface area contributed by atoms with E-state index in [2.05, 4.69) is 10.2 Å². The summed E-state index contributed by atoms with van der Waals surface area (Å²) >= 11 is 1.14. The van der Waals surface area contributed by atoms with E-state index in [1.807, 2.05) is 0 Å². The number of carboxylic acids is 1. The first-order valence-corrected chi connectivity index (χ1v) is 3.62. The molecule has 0 unspecified atom stereocenters. The highest BCUT2D eigenvalue weighted by Crippen LogP contribution is 2.16. The van der Waals surface area contributed by atoms with E-state index in [1.54, 1.807) is 0 Å². The Hall–Kier alpha value is -1.17. The second-order valence-electron chi connectivity index (χ2n) is 1.74. The quantitative estimate of drug-likeness (QED) is 0.707. The topological polar surface area (TPSA) is 72.3 Å². The number of nitrogens with zero attached hydrogens (tertiary/aromatic N) is 2. The molecule has 0 saturated heterocycles. The molecule has 0 amide bonds. The lowest BCUT2D eigenvalue weighted by molar-refractivity contribution is -0.136. The molecule has 6 heteroatoms. The molecule has 0 aliphatic carbocycles. The van der Waals surface area contributed by atoms with Crippen molar-refractivity contribution in [2.45, 2.75) is 6.42 Å². The number of carboxylic acid groups (broad SMARTS) is 1. The SMILES string of the molecule is COc1nnc(CC(=O)O)s1. The van der Waals surface area contributed by atoms with Crippen LogP contribution in [0.1, 0.15) is 5.01 Å². The highest BCUT2D eigenvalue weighted by molar-refractivity contribution is 7.13. The maximum absolute atomic E-state index is 10.2. The lowest BCUT2D eigenvalue weighted by Crippen LogP contribution is -1.98. The maximum Gasteiger partial charge on any atom is 0.310 e. The van der Waals surface area contributed by atoms with Gasteiger partial charge >= 0.3 is 5.97 Å². The van der Waals surface area contributed by atoms with Crippen molar-refractivity contribution in [1.82, 2.24) is 10.2 Å². The predicted octanol–water partition coefficient (Wildman–Crippen LogP) is 0.174. The van der Waals surface area contributed by atoms with Crippen LogP contribution in [0.4, 0.5) is 0 Å². The van der Waals surface area contributed by atoms with Crippen molar-refractivity contribution in [3.8, 4) is 5.19 Å². The fourth-order valence-corrected chi connectivity index (χ4v) is 1.17. The highest BCUT2D eigenvalue weighted by atomic mass is 32.1. The van der Waals surface area contributed by atoms with Gasteiger partial charge in [0.15, 0.2) is 0 Å². The Morgan fingerprint density at radius 3 is 2.91 bits per heavy atom. The van der Waals surface area contributed by atoms with Crippen LogP contribution in [-0.4, -0.2) is 28.4 Å². The molecule has 0 radical (unpaired) electrons. The van der Waals surface area contributed by atoms with Crippen molar-refractivity contribution in [2.75, 3.05) is 7.11 Å². The minimum Gasteiger partial charge on any atom is -0.481 e. The van der Waals surface area contributed by atoms with Gasteiger partial charge in [-0.25, -0.2) is 0 Å². The monoisotopic (exact) mass is 174 g/mol. The average molecular weight is 174 g/mol. The summed E-state index contributed by atoms with van der Waals surface area (Å²) in [5.74, 6) is -0.913. The van der Waals surface area contributed by atoms with Crippen LogP contribution in [0.2, 0.25) is 0 Å². The van der Waals surface area contributed by atoms with E-state index in [9.17, 15) is 4.79 Å². The first-order chi connectivity index (χ1) is 5.22. The molecule has 0 fully saturated rings. The van der Waals surface area contributed by atoms with Gasteiger partial charge in [0, 0.05) is 0 Å². The van der Waals surface area contributed by atoms with Gasteiger partial charge in [-0.05, 0) is 0 Å². The highest BCUT2D eigenvalue weighted by Gasteiger charge is 2.06. The Balaban J connectivity index is 2.65. The first kappa shape index (κ1) is 7.93. The van der Waals surface area contributed by atoms with Gasteiger partial charge in [-0.2, -0.15) is 0 Å². The second-order valence-corrected chi connectivity index (χ2v) is 2.76. The summed E-state index contributed by atoms with van der Waals surface area (Å²) in [5, 5.41) is 16.4. The summed E-state index contributed by atoms with van der Waals surface area (Å²) in [6, 6.07) is 0. The molecule has 5 nitrogen and oxygen atoms in total. The molecule has 0 aliphatic rings. The van der Waals surface area contributed by atoms with Crippen molar-refractivity contribution in [1.29, 1.82) is 0 Å². The van der Waals surface area contributed by atoms with Crippen LogP contribution in [0.15, 0.2) is 0 Å². The van der Waals surface area contributed by atoms with Crippen LogP contribution in [-0.2, 0) is 11.2 Å². The van der Waals surface area contributed by atoms with Gasteiger partial charge in [-0.15, -0.1) is 10.2 Å². The lowest BCUT2D eigenvalue weighted by Gasteiger charge is -1.85. The smallest absolute Gasteiger partial charge is 0.310 e. The largest absolute Gasteiger partial charge is 0.481 e. The number of carbonyl (C=O) groups is 1. The molecular formula is C5H6N2O3S. The molecular weight excluding hydrogens is 168 g/mol. The van der Waals surface area contributed by atoms with Crippen LogP contribution < -0.4 is 4.74 Å². The number of rotatable bonds is 3. The number of ether oxygens (including phenoxy) is 1. The fourth-order valence-electron chi connectivity index (χ4n) is 0.522. The Morgan fingerprint density at radius 2 is 2.45 bits per heavy atom. The molecule has 1 N–H and O–H groups in total. The van der Waals surface area contributed by atoms with Crippen molar-refractivity contribution in [3.63, 3.8) is 0 Å². The molecule has 1 rings (SSSR count). The van der Waals surface area contributed by atoms with Gasteiger partial charge < -0.3 is 9.84 Å². The van der Waals surface area contributed by atoms with E-state index in [0.717, 1.165) is 11.3 Å². The van der Waals surface area contributed by atoms with Crippen LogP contribution in [0.25, 0.3) is 0 Å². The summed E-state index contributed by atoms with van der Waals surface area (Å²) in [6.45, 7) is 0. The molecule has 1 aromatic rings. The third-order valence-electron chi connectivity index (χ3n) is 0.925. The zero-order valence-electron chi connectivity index (χ0n) is 5.77. The van der Waals surface area contributed by atoms with Gasteiger partial charge in [0.1, 0.15) is 5.01 Å². The Labute approximate surface area is 66.6 Å². The zero-order valence-corrected chi connectivity index (χ0v) is 6.59. The zero-order chi connectivity index (χ0) is 8.27. The standard InChI is InChI=1S/C5H6N2O3S/c1-10-5-7-6-3(11-5)2-4(8)9/h2H2,1H3,(H,8,9). The average Bonchev–Trinajstić information content (AvgIpc) is 2.34. The lowest BCUT2D eigenvalue weighted by atomic mass is 10.5. The third-order valence-corrected chi connectivity index (χ3v) is 1.81. The predicted molar refractivity (Wildman–Crippen MR) is 37.8 cm³/mol. The molecule has 60 valence electrons. The number of hydrogen-bond acceptors (Lipinski definition) is 5. The van der Waals surface area contributed by atoms with Gasteiger partial charge in [0.05, 0.1) is 13.5 Å². The molecule has 0 aromatic carbocycles. The molecule has 0 atom stereocenters. The molecule has 0 bridgehead atoms. The number of hydrogen-bond donors (Lipinski definition) is 1. The van der Waals surface area contributed by atoms with Crippen molar-refractivity contribution in [2.24, 2.45) is 0 Å². The Morgan fingerprint density at radius 1 is 1.73 bits per heavy atom. The minimum absolute atomic E-state index is 0.0962. The second kappa shape index (κ2) is 3.29. The summed E-state index contributed by atoms with van der Waals surface area (Å²) in [5.41, 5.74) is 0. The Kier molecular flexibility index (Phi) is 2.37. The number of aromatic nitrogens is 2. The van der Waals surface area contributed by atoms with Crippen LogP contribution in [0.3, 0.4) is 0 Å². The van der Waals surface area contributed by atoms with Gasteiger partial charge in [0.2, 0.25) is 0 Å². The molecule has 0 saturated carbocycles. The molecule has 11 heavy (non-hydrogen) atoms. The summed E-state index contributed by atoms with van der Waals surface area (Å²) in [7, 11) is 1.46. The Bertz CT molecular complexity index is 260. The van der Waals surface area contributed by atoms with Crippen LogP contribution in [0, 0.1) is 0 Å². The fraction of sp³-hybridized carbons (Fsp3) is 0.400. The molecule has 0 spiro atoms. The van der Waals surface area contributed by atoms with E-state index in [0.29, 0.717) is 10.2 Å². The molecule has 1 aromatic heterocycles. The van der Waals surface area contributed by atoms with E-state index in [1.165, 1.54) is 7.11 Å². The van der Waals surface area contributed by atoms with E-state index >= 15 is 0 Å². The molecule has 1 heterocycles. The van der Waals surface area contributed by atoms with Crippen LogP contribution >= 0.6 is 11.3 Å². The number of methoxy groups -OCH3 is 1. The first-order valence-electron chi connectivity index (χ1n) is 2.80. The summed E-state index contributed by atoms with van der Waals surface area (Å²) in [6.07, 6.45) is -0.0962. The maximum atomic E-state index is 10.2. The summed E-state index contributed by atoms with van der Waals surface area (Å²) in [4.78, 5) is 10.2. The normalized spacial score (nSPS) is 9.55. The number of aliphatic carboxylic acids is 1. The van der Waals surface area contributed by atoms with E-state index < -0.39 is 5.97 Å². The summed E-state index contributed by atoms with van der Waals surface area (Å²) < 4.78 is 4.73. The van der Waals surface area contributed by atoms with Gasteiger partial charge in [-0.3, -0.25) is 4.79 Å².